The van der Waals surface area contributed by atoms with Crippen LogP contribution in [0.25, 0.3) is 0 Å². The Morgan fingerprint density at radius 2 is 1.79 bits per heavy atom. The SMILES string of the molecule is O=C(O)[C@H]1CC[C@@H](C(=O)N(CCc2ccc(Cl)cc2)CC2CC2)O1. The van der Waals surface area contributed by atoms with Crippen molar-refractivity contribution in [1.29, 1.82) is 0 Å². The maximum Gasteiger partial charge on any atom is 0.332 e. The summed E-state index contributed by atoms with van der Waals surface area (Å²) < 4.78 is 5.43. The van der Waals surface area contributed by atoms with Crippen molar-refractivity contribution in [2.24, 2.45) is 5.92 Å². The smallest absolute Gasteiger partial charge is 0.332 e. The summed E-state index contributed by atoms with van der Waals surface area (Å²) in [6.07, 6.45) is 2.50. The van der Waals surface area contributed by atoms with Gasteiger partial charge in [0.15, 0.2) is 6.10 Å². The number of hydrogen-bond donors (Lipinski definition) is 1. The van der Waals surface area contributed by atoms with Gasteiger partial charge in [-0.05, 0) is 55.7 Å². The van der Waals surface area contributed by atoms with Crippen molar-refractivity contribution in [3.8, 4) is 0 Å². The van der Waals surface area contributed by atoms with E-state index in [1.165, 1.54) is 0 Å². The van der Waals surface area contributed by atoms with Crippen LogP contribution in [0.1, 0.15) is 31.2 Å². The first-order valence-electron chi connectivity index (χ1n) is 8.44. The Bertz CT molecular complexity index is 600. The number of benzene rings is 1. The van der Waals surface area contributed by atoms with Gasteiger partial charge in [0.1, 0.15) is 6.10 Å². The minimum atomic E-state index is -0.986. The molecule has 1 saturated carbocycles. The number of carbonyl (C=O) groups excluding carboxylic acids is 1. The molecule has 1 aromatic rings. The van der Waals surface area contributed by atoms with Gasteiger partial charge < -0.3 is 14.7 Å². The third kappa shape index (κ3) is 4.48. The molecule has 130 valence electrons. The quantitative estimate of drug-likeness (QED) is 0.820. The van der Waals surface area contributed by atoms with E-state index in [0.29, 0.717) is 30.3 Å². The first-order valence-corrected chi connectivity index (χ1v) is 8.82. The number of halogens is 1. The van der Waals surface area contributed by atoms with E-state index < -0.39 is 18.2 Å². The Labute approximate surface area is 146 Å². The molecule has 0 bridgehead atoms. The zero-order valence-electron chi connectivity index (χ0n) is 13.5. The summed E-state index contributed by atoms with van der Waals surface area (Å²) in [4.78, 5) is 25.6. The van der Waals surface area contributed by atoms with Crippen molar-refractivity contribution in [3.63, 3.8) is 0 Å². The topological polar surface area (TPSA) is 66.8 Å². The van der Waals surface area contributed by atoms with Crippen LogP contribution < -0.4 is 0 Å². The van der Waals surface area contributed by atoms with Crippen LogP contribution in [-0.4, -0.2) is 47.2 Å². The van der Waals surface area contributed by atoms with E-state index in [0.717, 1.165) is 31.4 Å². The maximum atomic E-state index is 12.7. The van der Waals surface area contributed by atoms with Gasteiger partial charge in [0, 0.05) is 18.1 Å². The summed E-state index contributed by atoms with van der Waals surface area (Å²) in [5.74, 6) is -0.476. The standard InChI is InChI=1S/C18H22ClNO4/c19-14-5-3-12(4-6-14)9-10-20(11-13-1-2-13)17(21)15-7-8-16(24-15)18(22)23/h3-6,13,15-16H,1-2,7-11H2,(H,22,23)/t15-,16+/m0/s1. The predicted octanol–water partition coefficient (Wildman–Crippen LogP) is 2.75. The van der Waals surface area contributed by atoms with Gasteiger partial charge in [-0.1, -0.05) is 23.7 Å². The van der Waals surface area contributed by atoms with E-state index in [-0.39, 0.29) is 5.91 Å². The molecular formula is C18H22ClNO4. The van der Waals surface area contributed by atoms with Crippen LogP contribution in [0.5, 0.6) is 0 Å². The van der Waals surface area contributed by atoms with Crippen LogP contribution in [0, 0.1) is 5.92 Å². The van der Waals surface area contributed by atoms with Crippen LogP contribution in [0.15, 0.2) is 24.3 Å². The van der Waals surface area contributed by atoms with Crippen molar-refractivity contribution in [3.05, 3.63) is 34.9 Å². The zero-order chi connectivity index (χ0) is 17.1. The summed E-state index contributed by atoms with van der Waals surface area (Å²) in [7, 11) is 0. The van der Waals surface area contributed by atoms with Gasteiger partial charge >= 0.3 is 5.97 Å². The average molecular weight is 352 g/mol. The van der Waals surface area contributed by atoms with Crippen molar-refractivity contribution >= 4 is 23.5 Å². The van der Waals surface area contributed by atoms with Gasteiger partial charge in [-0.2, -0.15) is 0 Å². The maximum absolute atomic E-state index is 12.7. The normalized spacial score (nSPS) is 23.2. The lowest BCUT2D eigenvalue weighted by molar-refractivity contribution is -0.154. The second kappa shape index (κ2) is 7.53. The molecule has 0 aromatic heterocycles. The summed E-state index contributed by atoms with van der Waals surface area (Å²) in [6, 6.07) is 7.63. The Hall–Kier alpha value is -1.59. The molecule has 0 spiro atoms. The van der Waals surface area contributed by atoms with Crippen LogP contribution >= 0.6 is 11.6 Å². The van der Waals surface area contributed by atoms with E-state index >= 15 is 0 Å². The number of aliphatic carboxylic acids is 1. The number of carboxylic acids is 1. The van der Waals surface area contributed by atoms with E-state index in [1.807, 2.05) is 29.2 Å². The van der Waals surface area contributed by atoms with Gasteiger partial charge in [0.2, 0.25) is 0 Å². The molecule has 0 unspecified atom stereocenters. The van der Waals surface area contributed by atoms with Crippen molar-refractivity contribution in [2.45, 2.75) is 44.3 Å². The van der Waals surface area contributed by atoms with Gasteiger partial charge in [-0.25, -0.2) is 4.79 Å². The number of carboxylic acid groups (broad SMARTS) is 1. The fraction of sp³-hybridized carbons (Fsp3) is 0.556. The monoisotopic (exact) mass is 351 g/mol. The second-order valence-corrected chi connectivity index (χ2v) is 7.07. The van der Waals surface area contributed by atoms with Gasteiger partial charge in [-0.3, -0.25) is 4.79 Å². The van der Waals surface area contributed by atoms with Gasteiger partial charge in [0.05, 0.1) is 0 Å². The second-order valence-electron chi connectivity index (χ2n) is 6.63. The molecule has 2 fully saturated rings. The average Bonchev–Trinajstić information content (AvgIpc) is 3.24. The Balaban J connectivity index is 1.59. The molecule has 2 atom stereocenters. The third-order valence-electron chi connectivity index (χ3n) is 4.64. The summed E-state index contributed by atoms with van der Waals surface area (Å²) in [6.45, 7) is 1.36. The van der Waals surface area contributed by atoms with E-state index in [4.69, 9.17) is 21.4 Å². The van der Waals surface area contributed by atoms with Crippen LogP contribution in [0.4, 0.5) is 0 Å². The van der Waals surface area contributed by atoms with Crippen molar-refractivity contribution in [1.82, 2.24) is 4.90 Å². The van der Waals surface area contributed by atoms with Crippen LogP contribution in [0.3, 0.4) is 0 Å². The molecule has 1 aromatic carbocycles. The summed E-state index contributed by atoms with van der Waals surface area (Å²) >= 11 is 5.90. The molecule has 5 nitrogen and oxygen atoms in total. The number of nitrogens with zero attached hydrogens (tertiary/aromatic N) is 1. The highest BCUT2D eigenvalue weighted by Gasteiger charge is 2.38. The molecule has 1 aliphatic heterocycles. The Morgan fingerprint density at radius 3 is 2.38 bits per heavy atom. The molecular weight excluding hydrogens is 330 g/mol. The highest BCUT2D eigenvalue weighted by Crippen LogP contribution is 2.31. The lowest BCUT2D eigenvalue weighted by atomic mass is 10.1. The first kappa shape index (κ1) is 17.2. The fourth-order valence-electron chi connectivity index (χ4n) is 3.02. The number of rotatable bonds is 7. The summed E-state index contributed by atoms with van der Waals surface area (Å²) in [5.41, 5.74) is 1.13. The minimum Gasteiger partial charge on any atom is -0.479 e. The summed E-state index contributed by atoms with van der Waals surface area (Å²) in [5, 5.41) is 9.72. The largest absolute Gasteiger partial charge is 0.479 e. The van der Waals surface area contributed by atoms with Gasteiger partial charge in [0.25, 0.3) is 5.91 Å². The van der Waals surface area contributed by atoms with Crippen molar-refractivity contribution < 1.29 is 19.4 Å². The molecule has 2 aliphatic rings. The van der Waals surface area contributed by atoms with E-state index in [9.17, 15) is 9.59 Å². The Kier molecular flexibility index (Phi) is 5.41. The minimum absolute atomic E-state index is 0.0698. The molecule has 6 heteroatoms. The fourth-order valence-corrected chi connectivity index (χ4v) is 3.15. The highest BCUT2D eigenvalue weighted by molar-refractivity contribution is 6.30. The van der Waals surface area contributed by atoms with E-state index in [2.05, 4.69) is 0 Å². The number of hydrogen-bond acceptors (Lipinski definition) is 3. The molecule has 1 amide bonds. The third-order valence-corrected chi connectivity index (χ3v) is 4.89. The van der Waals surface area contributed by atoms with Crippen LogP contribution in [-0.2, 0) is 20.7 Å². The lowest BCUT2D eigenvalue weighted by Gasteiger charge is -2.25. The van der Waals surface area contributed by atoms with Crippen LogP contribution in [0.2, 0.25) is 5.02 Å². The molecule has 1 N–H and O–H groups in total. The lowest BCUT2D eigenvalue weighted by Crippen LogP contribution is -2.42. The van der Waals surface area contributed by atoms with Crippen molar-refractivity contribution in [2.75, 3.05) is 13.1 Å². The highest BCUT2D eigenvalue weighted by atomic mass is 35.5. The Morgan fingerprint density at radius 1 is 1.12 bits per heavy atom. The predicted molar refractivity (Wildman–Crippen MR) is 90.0 cm³/mol. The molecule has 1 aliphatic carbocycles. The zero-order valence-corrected chi connectivity index (χ0v) is 14.2. The number of ether oxygens (including phenoxy) is 1. The van der Waals surface area contributed by atoms with Gasteiger partial charge in [-0.15, -0.1) is 0 Å². The first-order chi connectivity index (χ1) is 11.5. The number of amides is 1. The van der Waals surface area contributed by atoms with E-state index in [1.54, 1.807) is 0 Å². The molecule has 1 saturated heterocycles. The molecule has 24 heavy (non-hydrogen) atoms. The number of carbonyl (C=O) groups is 2. The molecule has 1 heterocycles. The molecule has 3 rings (SSSR count). The molecule has 0 radical (unpaired) electrons.